The average molecular weight is 315 g/mol. The maximum atomic E-state index is 12.5. The summed E-state index contributed by atoms with van der Waals surface area (Å²) in [6, 6.07) is 5.67. The van der Waals surface area contributed by atoms with Gasteiger partial charge in [-0.1, -0.05) is 19.1 Å². The molecule has 2 N–H and O–H groups in total. The summed E-state index contributed by atoms with van der Waals surface area (Å²) in [6.45, 7) is 3.84. The Morgan fingerprint density at radius 2 is 2.00 bits per heavy atom. The van der Waals surface area contributed by atoms with Crippen molar-refractivity contribution in [1.29, 1.82) is 5.26 Å². The standard InChI is InChI=1S/C17H21N3O3/c1-3-20(11-18)15(22)14(19-16(23)17(2)8-9-17)10-12-4-6-13(21)7-5-12/h4-7,14,21H,3,8-10H2,1-2H3,(H,19,23). The SMILES string of the molecule is CCN(C#N)C(=O)C(Cc1ccc(O)cc1)NC(=O)C1(C)CC1. The van der Waals surface area contributed by atoms with Crippen molar-refractivity contribution in [1.82, 2.24) is 10.2 Å². The molecule has 1 saturated carbocycles. The molecule has 1 fully saturated rings. The van der Waals surface area contributed by atoms with Crippen molar-refractivity contribution >= 4 is 11.8 Å². The van der Waals surface area contributed by atoms with Gasteiger partial charge in [0.25, 0.3) is 5.91 Å². The molecule has 0 aromatic heterocycles. The van der Waals surface area contributed by atoms with Crippen LogP contribution in [0.15, 0.2) is 24.3 Å². The van der Waals surface area contributed by atoms with E-state index in [-0.39, 0.29) is 24.6 Å². The van der Waals surface area contributed by atoms with Gasteiger partial charge in [0.2, 0.25) is 5.91 Å². The molecule has 0 radical (unpaired) electrons. The van der Waals surface area contributed by atoms with E-state index >= 15 is 0 Å². The zero-order valence-electron chi connectivity index (χ0n) is 13.4. The fourth-order valence-corrected chi connectivity index (χ4v) is 2.28. The van der Waals surface area contributed by atoms with Crippen molar-refractivity contribution in [3.8, 4) is 11.9 Å². The van der Waals surface area contributed by atoms with E-state index in [9.17, 15) is 14.7 Å². The van der Waals surface area contributed by atoms with E-state index in [4.69, 9.17) is 5.26 Å². The van der Waals surface area contributed by atoms with E-state index in [0.29, 0.717) is 0 Å². The second-order valence-electron chi connectivity index (χ2n) is 6.14. The summed E-state index contributed by atoms with van der Waals surface area (Å²) in [6.07, 6.45) is 3.75. The van der Waals surface area contributed by atoms with Gasteiger partial charge in [-0.05, 0) is 37.5 Å². The van der Waals surface area contributed by atoms with Crippen molar-refractivity contribution in [3.63, 3.8) is 0 Å². The number of benzene rings is 1. The number of phenolic OH excluding ortho intramolecular Hbond substituents is 1. The number of aromatic hydroxyl groups is 1. The molecule has 1 aromatic carbocycles. The van der Waals surface area contributed by atoms with Gasteiger partial charge in [0, 0.05) is 18.4 Å². The van der Waals surface area contributed by atoms with Crippen LogP contribution in [0, 0.1) is 16.9 Å². The lowest BCUT2D eigenvalue weighted by atomic mass is 10.0. The van der Waals surface area contributed by atoms with Gasteiger partial charge in [0.1, 0.15) is 11.8 Å². The van der Waals surface area contributed by atoms with Crippen LogP contribution in [0.1, 0.15) is 32.3 Å². The smallest absolute Gasteiger partial charge is 0.258 e. The number of likely N-dealkylation sites (N-methyl/N-ethyl adjacent to an activating group) is 1. The molecular formula is C17H21N3O3. The number of nitrogens with one attached hydrogen (secondary N) is 1. The normalized spacial score (nSPS) is 16.0. The highest BCUT2D eigenvalue weighted by Gasteiger charge is 2.46. The van der Waals surface area contributed by atoms with Crippen molar-refractivity contribution in [2.75, 3.05) is 6.54 Å². The van der Waals surface area contributed by atoms with E-state index in [2.05, 4.69) is 5.32 Å². The van der Waals surface area contributed by atoms with Crippen LogP contribution < -0.4 is 5.32 Å². The molecule has 0 bridgehead atoms. The summed E-state index contributed by atoms with van der Waals surface area (Å²) in [5.41, 5.74) is 0.411. The number of amides is 2. The number of hydrogen-bond acceptors (Lipinski definition) is 4. The van der Waals surface area contributed by atoms with Crippen LogP contribution in [0.3, 0.4) is 0 Å². The van der Waals surface area contributed by atoms with Crippen LogP contribution in [0.5, 0.6) is 5.75 Å². The van der Waals surface area contributed by atoms with E-state index in [1.165, 1.54) is 12.1 Å². The Hall–Kier alpha value is -2.55. The van der Waals surface area contributed by atoms with Gasteiger partial charge in [-0.3, -0.25) is 9.59 Å². The predicted molar refractivity (Wildman–Crippen MR) is 84.1 cm³/mol. The minimum atomic E-state index is -0.788. The Balaban J connectivity index is 2.16. The molecule has 122 valence electrons. The first kappa shape index (κ1) is 16.8. The third kappa shape index (κ3) is 4.01. The lowest BCUT2D eigenvalue weighted by molar-refractivity contribution is -0.135. The molecule has 6 heteroatoms. The third-order valence-electron chi connectivity index (χ3n) is 4.23. The molecule has 1 atom stereocenters. The summed E-state index contributed by atoms with van der Waals surface area (Å²) < 4.78 is 0. The number of phenols is 1. The van der Waals surface area contributed by atoms with Crippen LogP contribution in [0.2, 0.25) is 0 Å². The molecule has 0 aliphatic heterocycles. The molecule has 23 heavy (non-hydrogen) atoms. The largest absolute Gasteiger partial charge is 0.508 e. The molecule has 2 amide bonds. The first-order chi connectivity index (χ1) is 10.9. The van der Waals surface area contributed by atoms with E-state index in [1.54, 1.807) is 19.1 Å². The van der Waals surface area contributed by atoms with Crippen LogP contribution in [0.4, 0.5) is 0 Å². The average Bonchev–Trinajstić information content (AvgIpc) is 3.29. The Labute approximate surface area is 135 Å². The lowest BCUT2D eigenvalue weighted by Crippen LogP contribution is -2.50. The summed E-state index contributed by atoms with van der Waals surface area (Å²) in [5, 5.41) is 21.2. The molecule has 1 aliphatic carbocycles. The zero-order chi connectivity index (χ0) is 17.0. The molecule has 6 nitrogen and oxygen atoms in total. The van der Waals surface area contributed by atoms with Crippen LogP contribution in [0.25, 0.3) is 0 Å². The third-order valence-corrected chi connectivity index (χ3v) is 4.23. The van der Waals surface area contributed by atoms with Gasteiger partial charge in [-0.15, -0.1) is 0 Å². The Kier molecular flexibility index (Phi) is 4.89. The van der Waals surface area contributed by atoms with Crippen LogP contribution in [-0.2, 0) is 16.0 Å². The Bertz CT molecular complexity index is 629. The molecule has 0 spiro atoms. The maximum absolute atomic E-state index is 12.5. The second-order valence-corrected chi connectivity index (χ2v) is 6.14. The van der Waals surface area contributed by atoms with Crippen molar-refractivity contribution in [2.24, 2.45) is 5.41 Å². The molecule has 1 aliphatic rings. The maximum Gasteiger partial charge on any atom is 0.258 e. The minimum Gasteiger partial charge on any atom is -0.508 e. The minimum absolute atomic E-state index is 0.137. The molecule has 1 unspecified atom stereocenters. The molecule has 2 rings (SSSR count). The van der Waals surface area contributed by atoms with E-state index in [1.807, 2.05) is 13.1 Å². The van der Waals surface area contributed by atoms with Gasteiger partial charge in [0.05, 0.1) is 0 Å². The first-order valence-electron chi connectivity index (χ1n) is 7.69. The summed E-state index contributed by atoms with van der Waals surface area (Å²) >= 11 is 0. The van der Waals surface area contributed by atoms with Gasteiger partial charge in [-0.25, -0.2) is 4.90 Å². The summed E-state index contributed by atoms with van der Waals surface area (Å²) in [7, 11) is 0. The molecule has 1 aromatic rings. The van der Waals surface area contributed by atoms with Gasteiger partial charge in [-0.2, -0.15) is 5.26 Å². The Morgan fingerprint density at radius 1 is 1.39 bits per heavy atom. The number of nitriles is 1. The number of carbonyl (C=O) groups excluding carboxylic acids is 2. The highest BCUT2D eigenvalue weighted by Crippen LogP contribution is 2.45. The highest BCUT2D eigenvalue weighted by molar-refractivity contribution is 5.91. The number of rotatable bonds is 6. The van der Waals surface area contributed by atoms with E-state index < -0.39 is 17.4 Å². The quantitative estimate of drug-likeness (QED) is 0.615. The van der Waals surface area contributed by atoms with Crippen molar-refractivity contribution in [3.05, 3.63) is 29.8 Å². The number of nitrogens with zero attached hydrogens (tertiary/aromatic N) is 2. The van der Waals surface area contributed by atoms with Gasteiger partial charge in [0.15, 0.2) is 6.19 Å². The number of hydrogen-bond donors (Lipinski definition) is 2. The fraction of sp³-hybridized carbons (Fsp3) is 0.471. The summed E-state index contributed by atoms with van der Waals surface area (Å²) in [4.78, 5) is 25.8. The van der Waals surface area contributed by atoms with Crippen molar-refractivity contribution < 1.29 is 14.7 Å². The lowest BCUT2D eigenvalue weighted by Gasteiger charge is -2.23. The summed E-state index contributed by atoms with van der Waals surface area (Å²) in [5.74, 6) is -0.428. The predicted octanol–water partition coefficient (Wildman–Crippen LogP) is 1.55. The number of carbonyl (C=O) groups is 2. The van der Waals surface area contributed by atoms with Gasteiger partial charge >= 0.3 is 0 Å². The van der Waals surface area contributed by atoms with E-state index in [0.717, 1.165) is 23.3 Å². The van der Waals surface area contributed by atoms with Crippen molar-refractivity contribution in [2.45, 2.75) is 39.2 Å². The van der Waals surface area contributed by atoms with Crippen LogP contribution in [-0.4, -0.2) is 34.4 Å². The highest BCUT2D eigenvalue weighted by atomic mass is 16.3. The first-order valence-corrected chi connectivity index (χ1v) is 7.69. The molecule has 0 heterocycles. The molecule has 0 saturated heterocycles. The second kappa shape index (κ2) is 6.69. The zero-order valence-corrected chi connectivity index (χ0v) is 13.4. The topological polar surface area (TPSA) is 93.4 Å². The monoisotopic (exact) mass is 315 g/mol. The van der Waals surface area contributed by atoms with Gasteiger partial charge < -0.3 is 10.4 Å². The van der Waals surface area contributed by atoms with Crippen LogP contribution >= 0.6 is 0 Å². The molecular weight excluding hydrogens is 294 g/mol. The fourth-order valence-electron chi connectivity index (χ4n) is 2.28. The Morgan fingerprint density at radius 3 is 2.48 bits per heavy atom.